The van der Waals surface area contributed by atoms with Gasteiger partial charge in [-0.2, -0.15) is 0 Å². The molecule has 0 radical (unpaired) electrons. The number of nitro benzene ring substituents is 1. The first-order valence-electron chi connectivity index (χ1n) is 15.5. The number of pyridine rings is 3. The van der Waals surface area contributed by atoms with Crippen LogP contribution < -0.4 is 15.2 Å². The first-order valence-corrected chi connectivity index (χ1v) is 17.0. The van der Waals surface area contributed by atoms with Gasteiger partial charge in [0, 0.05) is 34.0 Å². The second kappa shape index (κ2) is 16.6. The summed E-state index contributed by atoms with van der Waals surface area (Å²) in [6.07, 6.45) is 4.62. The van der Waals surface area contributed by atoms with Crippen molar-refractivity contribution in [1.82, 2.24) is 15.0 Å². The molecule has 0 atom stereocenters. The summed E-state index contributed by atoms with van der Waals surface area (Å²) in [4.78, 5) is 22.8. The fourth-order valence-electron chi connectivity index (χ4n) is 4.93. The molecule has 10 nitrogen and oxygen atoms in total. The molecule has 0 aliphatic heterocycles. The van der Waals surface area contributed by atoms with Gasteiger partial charge < -0.3 is 20.3 Å². The van der Waals surface area contributed by atoms with Gasteiger partial charge in [0.1, 0.15) is 17.2 Å². The highest BCUT2D eigenvalue weighted by atomic mass is 35.5. The fourth-order valence-corrected chi connectivity index (χ4v) is 6.07. The zero-order chi connectivity index (χ0) is 37.5. The summed E-state index contributed by atoms with van der Waals surface area (Å²) in [6.45, 7) is 0. The summed E-state index contributed by atoms with van der Waals surface area (Å²) < 4.78 is 11.4. The van der Waals surface area contributed by atoms with Crippen molar-refractivity contribution in [3.8, 4) is 28.7 Å². The monoisotopic (exact) mass is 783 g/mol. The Bertz CT molecular complexity index is 2560. The van der Waals surface area contributed by atoms with Crippen LogP contribution in [0.15, 0.2) is 134 Å². The van der Waals surface area contributed by atoms with E-state index in [9.17, 15) is 10.1 Å². The van der Waals surface area contributed by atoms with Gasteiger partial charge in [0.05, 0.1) is 60.2 Å². The van der Waals surface area contributed by atoms with Crippen LogP contribution in [0.3, 0.4) is 0 Å². The van der Waals surface area contributed by atoms with Gasteiger partial charge in [0.2, 0.25) is 0 Å². The van der Waals surface area contributed by atoms with E-state index in [1.807, 2.05) is 78.9 Å². The van der Waals surface area contributed by atoms with Crippen LogP contribution in [-0.4, -0.2) is 25.0 Å². The molecule has 8 rings (SSSR count). The minimum absolute atomic E-state index is 0.0624. The van der Waals surface area contributed by atoms with Gasteiger partial charge in [-0.1, -0.05) is 101 Å². The normalized spacial score (nSPS) is 10.6. The van der Waals surface area contributed by atoms with Crippen LogP contribution in [-0.2, 0) is 0 Å². The van der Waals surface area contributed by atoms with Gasteiger partial charge in [-0.25, -0.2) is 0 Å². The maximum atomic E-state index is 10.8. The zero-order valence-electron chi connectivity index (χ0n) is 27.2. The van der Waals surface area contributed by atoms with Gasteiger partial charge in [-0.3, -0.25) is 25.1 Å². The Labute approximate surface area is 322 Å². The standard InChI is InChI=1S/C15H8Cl2N2O3.C15H10Cl2N2O.C9H7NO/c16-12-6-10(19(20)21)7-13(17)15(12)22-11-5-9-3-1-2-4-14(9)18-8-11;16-12-6-10(18)7-13(17)15(12)20-11-5-9-3-1-2-4-14(9)19-8-11;11-8-5-7-3-1-2-4-9(7)10-6-8/h1-8H;1-8H,18H2;1-6,11H. The van der Waals surface area contributed by atoms with Crippen molar-refractivity contribution in [2.24, 2.45) is 0 Å². The van der Waals surface area contributed by atoms with Crippen molar-refractivity contribution in [3.05, 3.63) is 164 Å². The Hall–Kier alpha value is -5.91. The minimum Gasteiger partial charge on any atom is -0.506 e. The molecule has 0 aliphatic carbocycles. The van der Waals surface area contributed by atoms with E-state index in [1.165, 1.54) is 24.5 Å². The summed E-state index contributed by atoms with van der Waals surface area (Å²) in [5.41, 5.74) is 8.59. The smallest absolute Gasteiger partial charge is 0.272 e. The van der Waals surface area contributed by atoms with Crippen molar-refractivity contribution < 1.29 is 19.5 Å². The van der Waals surface area contributed by atoms with Crippen LogP contribution in [0.5, 0.6) is 28.7 Å². The van der Waals surface area contributed by atoms with E-state index in [0.717, 1.165) is 32.7 Å². The molecule has 3 N–H and O–H groups in total. The van der Waals surface area contributed by atoms with E-state index in [1.54, 1.807) is 30.5 Å². The number of rotatable bonds is 5. The predicted octanol–water partition coefficient (Wildman–Crippen LogP) is 12.1. The van der Waals surface area contributed by atoms with Crippen molar-refractivity contribution in [1.29, 1.82) is 0 Å². The number of nitrogens with zero attached hydrogens (tertiary/aromatic N) is 4. The van der Waals surface area contributed by atoms with E-state index in [4.69, 9.17) is 66.7 Å². The summed E-state index contributed by atoms with van der Waals surface area (Å²) >= 11 is 24.2. The van der Waals surface area contributed by atoms with Gasteiger partial charge in [-0.15, -0.1) is 0 Å². The molecule has 0 saturated heterocycles. The molecule has 5 aromatic carbocycles. The average molecular weight is 785 g/mol. The van der Waals surface area contributed by atoms with Crippen molar-refractivity contribution in [2.45, 2.75) is 0 Å². The van der Waals surface area contributed by atoms with Gasteiger partial charge in [0.15, 0.2) is 11.5 Å². The van der Waals surface area contributed by atoms with Crippen LogP contribution in [0.25, 0.3) is 32.7 Å². The Balaban J connectivity index is 0.000000143. The number of hydrogen-bond donors (Lipinski definition) is 2. The van der Waals surface area contributed by atoms with Crippen LogP contribution in [0, 0.1) is 10.1 Å². The van der Waals surface area contributed by atoms with E-state index in [0.29, 0.717) is 33.0 Å². The molecule has 0 spiro atoms. The number of aromatic hydroxyl groups is 1. The SMILES string of the molecule is Nc1cc(Cl)c(Oc2cnc3ccccc3c2)c(Cl)c1.O=[N+]([O-])c1cc(Cl)c(Oc2cnc3ccccc3c2)c(Cl)c1.Oc1cnc2ccccc2c1. The van der Waals surface area contributed by atoms with Crippen molar-refractivity contribution in [3.63, 3.8) is 0 Å². The highest BCUT2D eigenvalue weighted by Gasteiger charge is 2.17. The molecule has 8 aromatic rings. The van der Waals surface area contributed by atoms with Crippen molar-refractivity contribution in [2.75, 3.05) is 5.73 Å². The lowest BCUT2D eigenvalue weighted by Gasteiger charge is -2.10. The Morgan fingerprint density at radius 3 is 1.38 bits per heavy atom. The molecule has 0 unspecified atom stereocenters. The number of para-hydroxylation sites is 3. The number of non-ortho nitro benzene ring substituents is 1. The number of nitro groups is 1. The van der Waals surface area contributed by atoms with Crippen LogP contribution in [0.2, 0.25) is 20.1 Å². The third-order valence-electron chi connectivity index (χ3n) is 7.36. The minimum atomic E-state index is -0.570. The number of hydrogen-bond acceptors (Lipinski definition) is 9. The number of benzene rings is 5. The Morgan fingerprint density at radius 1 is 0.566 bits per heavy atom. The van der Waals surface area contributed by atoms with E-state index in [2.05, 4.69) is 15.0 Å². The van der Waals surface area contributed by atoms with E-state index < -0.39 is 4.92 Å². The number of aromatic nitrogens is 3. The van der Waals surface area contributed by atoms with Crippen LogP contribution >= 0.6 is 46.4 Å². The maximum absolute atomic E-state index is 10.8. The summed E-state index contributed by atoms with van der Waals surface area (Å²) in [6, 6.07) is 33.9. The fraction of sp³-hybridized carbons (Fsp3) is 0. The quantitative estimate of drug-likeness (QED) is 0.0988. The third-order valence-corrected chi connectivity index (χ3v) is 8.48. The topological polar surface area (TPSA) is 147 Å². The number of nitrogens with two attached hydrogens (primary N) is 1. The third kappa shape index (κ3) is 9.31. The number of fused-ring (bicyclic) bond motifs is 3. The molecule has 3 heterocycles. The molecule has 264 valence electrons. The molecular formula is C39H25Cl4N5O5. The maximum Gasteiger partial charge on any atom is 0.272 e. The van der Waals surface area contributed by atoms with E-state index >= 15 is 0 Å². The molecule has 0 fully saturated rings. The van der Waals surface area contributed by atoms with Gasteiger partial charge in [0.25, 0.3) is 5.69 Å². The number of nitrogen functional groups attached to an aromatic ring is 1. The van der Waals surface area contributed by atoms with Crippen LogP contribution in [0.4, 0.5) is 11.4 Å². The lowest BCUT2D eigenvalue weighted by molar-refractivity contribution is -0.384. The molecule has 3 aromatic heterocycles. The van der Waals surface area contributed by atoms with Gasteiger partial charge in [-0.05, 0) is 48.5 Å². The zero-order valence-corrected chi connectivity index (χ0v) is 30.2. The lowest BCUT2D eigenvalue weighted by atomic mass is 10.2. The highest BCUT2D eigenvalue weighted by Crippen LogP contribution is 2.40. The van der Waals surface area contributed by atoms with E-state index in [-0.39, 0.29) is 27.2 Å². The highest BCUT2D eigenvalue weighted by molar-refractivity contribution is 6.38. The van der Waals surface area contributed by atoms with Crippen molar-refractivity contribution >= 4 is 90.5 Å². The first kappa shape index (κ1) is 36.9. The Kier molecular flexibility index (Phi) is 11.6. The van der Waals surface area contributed by atoms with Gasteiger partial charge >= 0.3 is 0 Å². The molecule has 0 saturated carbocycles. The molecule has 0 aliphatic rings. The number of anilines is 1. The molecule has 53 heavy (non-hydrogen) atoms. The largest absolute Gasteiger partial charge is 0.506 e. The second-order valence-corrected chi connectivity index (χ2v) is 12.8. The van der Waals surface area contributed by atoms with Crippen LogP contribution in [0.1, 0.15) is 0 Å². The lowest BCUT2D eigenvalue weighted by Crippen LogP contribution is -1.92. The number of halogens is 4. The molecule has 14 heteroatoms. The molecular weight excluding hydrogens is 760 g/mol. The molecule has 0 amide bonds. The Morgan fingerprint density at radius 2 is 0.943 bits per heavy atom. The second-order valence-electron chi connectivity index (χ2n) is 11.1. The summed E-state index contributed by atoms with van der Waals surface area (Å²) in [5.74, 6) is 1.75. The number of ether oxygens (including phenoxy) is 2. The predicted molar refractivity (Wildman–Crippen MR) is 211 cm³/mol. The summed E-state index contributed by atoms with van der Waals surface area (Å²) in [5, 5.41) is 23.5. The average Bonchev–Trinajstić information content (AvgIpc) is 3.15. The summed E-state index contributed by atoms with van der Waals surface area (Å²) in [7, 11) is 0. The molecule has 0 bridgehead atoms. The first-order chi connectivity index (χ1) is 25.5.